The van der Waals surface area contributed by atoms with Gasteiger partial charge in [-0.15, -0.1) is 0 Å². The van der Waals surface area contributed by atoms with Crippen LogP contribution in [0.1, 0.15) is 38.4 Å². The zero-order valence-electron chi connectivity index (χ0n) is 17.4. The highest BCUT2D eigenvalue weighted by Gasteiger charge is 2.07. The molecule has 0 radical (unpaired) electrons. The Morgan fingerprint density at radius 2 is 1.97 bits per heavy atom. The Morgan fingerprint density at radius 1 is 1.24 bits per heavy atom. The lowest BCUT2D eigenvalue weighted by Crippen LogP contribution is -2.23. The van der Waals surface area contributed by atoms with Gasteiger partial charge in [-0.25, -0.2) is 4.79 Å². The van der Waals surface area contributed by atoms with Crippen molar-refractivity contribution in [3.8, 4) is 5.69 Å². The van der Waals surface area contributed by atoms with Crippen LogP contribution in [0.5, 0.6) is 0 Å². The van der Waals surface area contributed by atoms with E-state index in [1.807, 2.05) is 50.4 Å². The second kappa shape index (κ2) is 11.0. The fraction of sp³-hybridized carbons (Fsp3) is 0.381. The van der Waals surface area contributed by atoms with Gasteiger partial charge in [-0.3, -0.25) is 9.56 Å². The number of nitrogens with zero attached hydrogens (tertiary/aromatic N) is 3. The van der Waals surface area contributed by atoms with Gasteiger partial charge in [-0.1, -0.05) is 32.9 Å². The molecule has 0 spiro atoms. The number of nitrogens with two attached hydrogens (primary N) is 2. The van der Waals surface area contributed by atoms with Gasteiger partial charge in [-0.05, 0) is 43.1 Å². The lowest BCUT2D eigenvalue weighted by molar-refractivity contribution is 0.655. The van der Waals surface area contributed by atoms with Crippen molar-refractivity contribution in [3.05, 3.63) is 58.3 Å². The van der Waals surface area contributed by atoms with E-state index in [4.69, 9.17) is 11.5 Å². The lowest BCUT2D eigenvalue weighted by Gasteiger charge is -2.08. The summed E-state index contributed by atoms with van der Waals surface area (Å²) in [6.07, 6.45) is 3.57. The standard InChI is InChI=1S/C19H25N7O.C2H6/c1-2-15-10-14-12-26(19(27)25-17(14)24-15)16-6-4-13(5-7-16)11-22-8-3-9-23-18(20)21;1-2/h4-7,10,12,22H,2-3,8-9,11H2,1H3,(H4,20,21,23)(H,24,25,27);1-2H3. The molecule has 0 amide bonds. The summed E-state index contributed by atoms with van der Waals surface area (Å²) in [4.78, 5) is 23.6. The Hall–Kier alpha value is -3.13. The smallest absolute Gasteiger partial charge is 0.354 e. The molecule has 1 aromatic carbocycles. The van der Waals surface area contributed by atoms with Crippen molar-refractivity contribution < 1.29 is 0 Å². The fourth-order valence-electron chi connectivity index (χ4n) is 2.85. The number of rotatable bonds is 8. The Labute approximate surface area is 171 Å². The largest absolute Gasteiger partial charge is 0.370 e. The third kappa shape index (κ3) is 6.18. The molecule has 2 aromatic heterocycles. The Balaban J connectivity index is 0.00000145. The molecule has 3 rings (SSSR count). The average molecular weight is 398 g/mol. The quantitative estimate of drug-likeness (QED) is 0.263. The van der Waals surface area contributed by atoms with Crippen LogP contribution in [0.15, 0.2) is 46.3 Å². The van der Waals surface area contributed by atoms with Gasteiger partial charge < -0.3 is 21.8 Å². The number of guanidine groups is 1. The predicted octanol–water partition coefficient (Wildman–Crippen LogP) is 2.06. The van der Waals surface area contributed by atoms with E-state index in [0.29, 0.717) is 12.2 Å². The highest BCUT2D eigenvalue weighted by molar-refractivity contribution is 5.76. The summed E-state index contributed by atoms with van der Waals surface area (Å²) in [5, 5.41) is 4.27. The van der Waals surface area contributed by atoms with Crippen LogP contribution in [0.3, 0.4) is 0 Å². The van der Waals surface area contributed by atoms with Crippen LogP contribution in [-0.4, -0.2) is 33.6 Å². The SMILES string of the molecule is CC.CCc1cc2cn(-c3ccc(CNCCCN=C(N)N)cc3)c(=O)nc2[nH]1. The van der Waals surface area contributed by atoms with E-state index >= 15 is 0 Å². The van der Waals surface area contributed by atoms with E-state index in [-0.39, 0.29) is 11.6 Å². The number of aromatic nitrogens is 3. The maximum Gasteiger partial charge on any atom is 0.354 e. The molecule has 0 aliphatic rings. The summed E-state index contributed by atoms with van der Waals surface area (Å²) in [6.45, 7) is 8.24. The van der Waals surface area contributed by atoms with Crippen LogP contribution in [0.25, 0.3) is 16.7 Å². The van der Waals surface area contributed by atoms with E-state index in [2.05, 4.69) is 27.2 Å². The molecule has 0 aliphatic carbocycles. The van der Waals surface area contributed by atoms with Crippen molar-refractivity contribution in [1.82, 2.24) is 19.9 Å². The van der Waals surface area contributed by atoms with Gasteiger partial charge in [0.25, 0.3) is 0 Å². The van der Waals surface area contributed by atoms with Gasteiger partial charge in [0.05, 0.1) is 5.69 Å². The van der Waals surface area contributed by atoms with Gasteiger partial charge in [0.2, 0.25) is 0 Å². The average Bonchev–Trinajstić information content (AvgIpc) is 3.13. The first kappa shape index (κ1) is 22.2. The van der Waals surface area contributed by atoms with Gasteiger partial charge >= 0.3 is 5.69 Å². The molecule has 0 fully saturated rings. The number of nitrogens with one attached hydrogen (secondary N) is 2. The fourth-order valence-corrected chi connectivity index (χ4v) is 2.85. The third-order valence-corrected chi connectivity index (χ3v) is 4.29. The number of aliphatic imine (C=N–C) groups is 1. The second-order valence-electron chi connectivity index (χ2n) is 6.35. The molecule has 3 aromatic rings. The zero-order chi connectivity index (χ0) is 21.2. The summed E-state index contributed by atoms with van der Waals surface area (Å²) < 4.78 is 1.57. The lowest BCUT2D eigenvalue weighted by atomic mass is 10.2. The van der Waals surface area contributed by atoms with Crippen LogP contribution in [-0.2, 0) is 13.0 Å². The van der Waals surface area contributed by atoms with Crippen molar-refractivity contribution in [2.75, 3.05) is 13.1 Å². The molecule has 0 unspecified atom stereocenters. The van der Waals surface area contributed by atoms with Crippen molar-refractivity contribution in [2.24, 2.45) is 16.5 Å². The van der Waals surface area contributed by atoms with E-state index in [1.54, 1.807) is 4.57 Å². The minimum absolute atomic E-state index is 0.124. The molecule has 156 valence electrons. The molecule has 8 nitrogen and oxygen atoms in total. The maximum atomic E-state index is 12.3. The number of benzene rings is 1. The van der Waals surface area contributed by atoms with Crippen LogP contribution < -0.4 is 22.5 Å². The van der Waals surface area contributed by atoms with E-state index in [1.165, 1.54) is 0 Å². The number of H-pyrrole nitrogens is 1. The summed E-state index contributed by atoms with van der Waals surface area (Å²) >= 11 is 0. The molecular weight excluding hydrogens is 366 g/mol. The molecule has 8 heteroatoms. The van der Waals surface area contributed by atoms with Gasteiger partial charge in [-0.2, -0.15) is 4.98 Å². The van der Waals surface area contributed by atoms with Gasteiger partial charge in [0, 0.05) is 30.4 Å². The van der Waals surface area contributed by atoms with Gasteiger partial charge in [0.15, 0.2) is 5.96 Å². The van der Waals surface area contributed by atoms with E-state index < -0.39 is 0 Å². The minimum Gasteiger partial charge on any atom is -0.370 e. The first-order valence-electron chi connectivity index (χ1n) is 10.0. The van der Waals surface area contributed by atoms with Crippen molar-refractivity contribution >= 4 is 17.0 Å². The number of aromatic amines is 1. The Kier molecular flexibility index (Phi) is 8.42. The second-order valence-corrected chi connectivity index (χ2v) is 6.35. The topological polar surface area (TPSA) is 127 Å². The van der Waals surface area contributed by atoms with Gasteiger partial charge in [0.1, 0.15) is 5.65 Å². The summed E-state index contributed by atoms with van der Waals surface area (Å²) in [6, 6.07) is 9.89. The Bertz CT molecular complexity index is 982. The monoisotopic (exact) mass is 397 g/mol. The highest BCUT2D eigenvalue weighted by Crippen LogP contribution is 2.14. The van der Waals surface area contributed by atoms with Crippen LogP contribution in [0.4, 0.5) is 0 Å². The summed E-state index contributed by atoms with van der Waals surface area (Å²) in [7, 11) is 0. The molecule has 0 saturated carbocycles. The maximum absolute atomic E-state index is 12.3. The molecule has 0 aliphatic heterocycles. The third-order valence-electron chi connectivity index (χ3n) is 4.29. The van der Waals surface area contributed by atoms with Crippen molar-refractivity contribution in [3.63, 3.8) is 0 Å². The first-order valence-corrected chi connectivity index (χ1v) is 10.0. The molecule has 0 atom stereocenters. The summed E-state index contributed by atoms with van der Waals surface area (Å²) in [5.41, 5.74) is 13.9. The van der Waals surface area contributed by atoms with Crippen molar-refractivity contribution in [2.45, 2.75) is 40.2 Å². The normalized spacial score (nSPS) is 10.4. The number of hydrogen-bond acceptors (Lipinski definition) is 4. The number of fused-ring (bicyclic) bond motifs is 1. The predicted molar refractivity (Wildman–Crippen MR) is 119 cm³/mol. The van der Waals surface area contributed by atoms with E-state index in [9.17, 15) is 4.79 Å². The van der Waals surface area contributed by atoms with E-state index in [0.717, 1.165) is 48.3 Å². The summed E-state index contributed by atoms with van der Waals surface area (Å²) in [5.74, 6) is 0.124. The first-order chi connectivity index (χ1) is 14.1. The molecule has 2 heterocycles. The number of hydrogen-bond donors (Lipinski definition) is 4. The molecule has 0 saturated heterocycles. The van der Waals surface area contributed by atoms with Crippen molar-refractivity contribution in [1.29, 1.82) is 0 Å². The number of aryl methyl sites for hydroxylation is 1. The minimum atomic E-state index is -0.294. The molecule has 29 heavy (non-hydrogen) atoms. The zero-order valence-corrected chi connectivity index (χ0v) is 17.4. The van der Waals surface area contributed by atoms with Crippen LogP contribution in [0.2, 0.25) is 0 Å². The molecular formula is C21H31N7O. The Morgan fingerprint density at radius 3 is 2.62 bits per heavy atom. The van der Waals surface area contributed by atoms with Crippen LogP contribution >= 0.6 is 0 Å². The molecule has 6 N–H and O–H groups in total. The highest BCUT2D eigenvalue weighted by atomic mass is 16.1. The van der Waals surface area contributed by atoms with Crippen LogP contribution in [0, 0.1) is 0 Å². The molecule has 0 bridgehead atoms.